The maximum Gasteiger partial charge on any atom is 0.0715 e. The first kappa shape index (κ1) is 25.2. The topological polar surface area (TPSA) is 15.3 Å². The number of rotatable bonds is 7. The lowest BCUT2D eigenvalue weighted by Crippen LogP contribution is -2.25. The Bertz CT molecular complexity index is 1720. The van der Waals surface area contributed by atoms with E-state index in [0.717, 1.165) is 17.1 Å². The van der Waals surface area contributed by atoms with Gasteiger partial charge in [-0.2, -0.15) is 0 Å². The second-order valence-corrected chi connectivity index (χ2v) is 10.1. The van der Waals surface area contributed by atoms with Crippen molar-refractivity contribution >= 4 is 17.1 Å². The summed E-state index contributed by atoms with van der Waals surface area (Å²) in [5.41, 5.74) is 16.5. The van der Waals surface area contributed by atoms with Gasteiger partial charge < -0.3 is 0 Å². The summed E-state index contributed by atoms with van der Waals surface area (Å²) in [6.45, 7) is 4.32. The molecule has 0 aliphatic carbocycles. The van der Waals surface area contributed by atoms with E-state index in [1.807, 2.05) is 6.07 Å². The average molecular weight is 517 g/mol. The van der Waals surface area contributed by atoms with Gasteiger partial charge in [-0.05, 0) is 72.0 Å². The highest BCUT2D eigenvalue weighted by Gasteiger charge is 2.23. The number of hydrogen-bond donors (Lipinski definition) is 1. The second kappa shape index (κ2) is 11.3. The zero-order valence-corrected chi connectivity index (χ0v) is 22.9. The molecule has 0 unspecified atom stereocenters. The summed E-state index contributed by atoms with van der Waals surface area (Å²) in [4.78, 5) is 0. The number of nitrogens with one attached hydrogen (secondary N) is 1. The van der Waals surface area contributed by atoms with Gasteiger partial charge in [0.05, 0.1) is 17.1 Å². The molecule has 194 valence electrons. The van der Waals surface area contributed by atoms with Gasteiger partial charge >= 0.3 is 0 Å². The normalized spacial score (nSPS) is 10.8. The lowest BCUT2D eigenvalue weighted by atomic mass is 9.85. The van der Waals surface area contributed by atoms with E-state index in [0.29, 0.717) is 0 Å². The van der Waals surface area contributed by atoms with Crippen LogP contribution in [-0.2, 0) is 0 Å². The molecule has 0 amide bonds. The molecule has 0 saturated heterocycles. The minimum atomic E-state index is 1.02. The predicted molar refractivity (Wildman–Crippen MR) is 171 cm³/mol. The van der Waals surface area contributed by atoms with Crippen molar-refractivity contribution in [2.45, 2.75) is 13.8 Å². The summed E-state index contributed by atoms with van der Waals surface area (Å²) in [5, 5.41) is 2.21. The van der Waals surface area contributed by atoms with E-state index in [4.69, 9.17) is 0 Å². The van der Waals surface area contributed by atoms with Crippen molar-refractivity contribution in [2.75, 3.05) is 10.4 Å². The standard InChI is InChI=1S/C38H32N2/c1-28-14-12-18-31(26-28)37-35(30-16-6-3-7-17-30)24-25-36(38(37)32-19-13-15-29(2)27-32)40(34-22-10-5-11-23-34)39-33-20-8-4-9-21-33/h3-27,39H,1-2H3. The van der Waals surface area contributed by atoms with E-state index in [1.165, 1.54) is 44.5 Å². The molecule has 0 bridgehead atoms. The quantitative estimate of drug-likeness (QED) is 0.212. The van der Waals surface area contributed by atoms with Gasteiger partial charge in [-0.3, -0.25) is 10.4 Å². The van der Waals surface area contributed by atoms with Crippen LogP contribution in [0.2, 0.25) is 0 Å². The molecule has 1 N–H and O–H groups in total. The molecular weight excluding hydrogens is 484 g/mol. The Balaban J connectivity index is 1.70. The highest BCUT2D eigenvalue weighted by molar-refractivity contribution is 6.01. The first-order valence-electron chi connectivity index (χ1n) is 13.7. The molecule has 0 aliphatic heterocycles. The van der Waals surface area contributed by atoms with Crippen LogP contribution in [0.1, 0.15) is 11.1 Å². The fourth-order valence-corrected chi connectivity index (χ4v) is 5.31. The van der Waals surface area contributed by atoms with E-state index in [-0.39, 0.29) is 0 Å². The van der Waals surface area contributed by atoms with Crippen molar-refractivity contribution in [3.8, 4) is 33.4 Å². The molecule has 0 heterocycles. The lowest BCUT2D eigenvalue weighted by Gasteiger charge is -2.31. The van der Waals surface area contributed by atoms with Crippen LogP contribution in [0.3, 0.4) is 0 Å². The third kappa shape index (κ3) is 5.25. The molecule has 0 atom stereocenters. The maximum absolute atomic E-state index is 3.72. The zero-order valence-electron chi connectivity index (χ0n) is 22.9. The van der Waals surface area contributed by atoms with Gasteiger partial charge in [-0.15, -0.1) is 0 Å². The third-order valence-corrected chi connectivity index (χ3v) is 7.15. The van der Waals surface area contributed by atoms with Crippen molar-refractivity contribution in [3.05, 3.63) is 163 Å². The van der Waals surface area contributed by atoms with E-state index in [9.17, 15) is 0 Å². The van der Waals surface area contributed by atoms with Crippen LogP contribution in [0.4, 0.5) is 17.1 Å². The summed E-state index contributed by atoms with van der Waals surface area (Å²) in [6.07, 6.45) is 0. The van der Waals surface area contributed by atoms with Crippen molar-refractivity contribution in [1.82, 2.24) is 0 Å². The number of nitrogens with zero attached hydrogens (tertiary/aromatic N) is 1. The monoisotopic (exact) mass is 516 g/mol. The van der Waals surface area contributed by atoms with E-state index < -0.39 is 0 Å². The average Bonchev–Trinajstić information content (AvgIpc) is 3.00. The molecule has 0 spiro atoms. The van der Waals surface area contributed by atoms with Crippen LogP contribution >= 0.6 is 0 Å². The Morgan fingerprint density at radius 3 is 1.57 bits per heavy atom. The van der Waals surface area contributed by atoms with Crippen molar-refractivity contribution in [1.29, 1.82) is 0 Å². The summed E-state index contributed by atoms with van der Waals surface area (Å²) in [6, 6.07) is 53.8. The van der Waals surface area contributed by atoms with E-state index >= 15 is 0 Å². The minimum absolute atomic E-state index is 1.02. The first-order chi connectivity index (χ1) is 19.7. The second-order valence-electron chi connectivity index (χ2n) is 10.1. The van der Waals surface area contributed by atoms with E-state index in [1.54, 1.807) is 0 Å². The molecule has 0 saturated carbocycles. The molecule has 0 radical (unpaired) electrons. The van der Waals surface area contributed by atoms with Crippen LogP contribution in [0.15, 0.2) is 152 Å². The first-order valence-corrected chi connectivity index (χ1v) is 13.7. The number of anilines is 3. The van der Waals surface area contributed by atoms with E-state index in [2.05, 4.69) is 170 Å². The number of aryl methyl sites for hydroxylation is 2. The number of hydrazine groups is 1. The molecule has 6 rings (SSSR count). The van der Waals surface area contributed by atoms with Crippen LogP contribution in [0, 0.1) is 13.8 Å². The SMILES string of the molecule is Cc1cccc(-c2c(-c3ccccc3)ccc(N(Nc3ccccc3)c3ccccc3)c2-c2cccc(C)c2)c1. The fraction of sp³-hybridized carbons (Fsp3) is 0.0526. The largest absolute Gasteiger partial charge is 0.294 e. The molecule has 6 aromatic rings. The third-order valence-electron chi connectivity index (χ3n) is 7.15. The molecule has 2 nitrogen and oxygen atoms in total. The maximum atomic E-state index is 3.72. The lowest BCUT2D eigenvalue weighted by molar-refractivity contribution is 1.16. The highest BCUT2D eigenvalue weighted by Crippen LogP contribution is 2.47. The highest BCUT2D eigenvalue weighted by atomic mass is 15.5. The van der Waals surface area contributed by atoms with Crippen LogP contribution in [-0.4, -0.2) is 0 Å². The van der Waals surface area contributed by atoms with Gasteiger partial charge in [-0.25, -0.2) is 0 Å². The minimum Gasteiger partial charge on any atom is -0.294 e. The molecule has 0 aromatic heterocycles. The van der Waals surface area contributed by atoms with Crippen molar-refractivity contribution in [2.24, 2.45) is 0 Å². The van der Waals surface area contributed by atoms with Gasteiger partial charge in [0.1, 0.15) is 0 Å². The summed E-state index contributed by atoms with van der Waals surface area (Å²) in [5.74, 6) is 0. The Hall–Kier alpha value is -5.08. The Morgan fingerprint density at radius 2 is 0.975 bits per heavy atom. The summed E-state index contributed by atoms with van der Waals surface area (Å²) in [7, 11) is 0. The summed E-state index contributed by atoms with van der Waals surface area (Å²) < 4.78 is 0. The van der Waals surface area contributed by atoms with Gasteiger partial charge in [0.2, 0.25) is 0 Å². The molecule has 0 fully saturated rings. The van der Waals surface area contributed by atoms with Gasteiger partial charge in [0.15, 0.2) is 0 Å². The zero-order chi connectivity index (χ0) is 27.3. The van der Waals surface area contributed by atoms with Gasteiger partial charge in [0.25, 0.3) is 0 Å². The molecular formula is C38H32N2. The predicted octanol–water partition coefficient (Wildman–Crippen LogP) is 10.5. The Labute approximate surface area is 237 Å². The fourth-order valence-electron chi connectivity index (χ4n) is 5.31. The number of hydrogen-bond acceptors (Lipinski definition) is 2. The summed E-state index contributed by atoms with van der Waals surface area (Å²) >= 11 is 0. The van der Waals surface area contributed by atoms with Crippen molar-refractivity contribution in [3.63, 3.8) is 0 Å². The Morgan fingerprint density at radius 1 is 0.450 bits per heavy atom. The van der Waals surface area contributed by atoms with Crippen molar-refractivity contribution < 1.29 is 0 Å². The van der Waals surface area contributed by atoms with Gasteiger partial charge in [-0.1, -0.05) is 132 Å². The molecule has 0 aliphatic rings. The molecule has 2 heteroatoms. The molecule has 6 aromatic carbocycles. The number of para-hydroxylation sites is 2. The number of benzene rings is 6. The smallest absolute Gasteiger partial charge is 0.0715 e. The Kier molecular flexibility index (Phi) is 7.15. The van der Waals surface area contributed by atoms with Crippen LogP contribution in [0.5, 0.6) is 0 Å². The molecule has 40 heavy (non-hydrogen) atoms. The van der Waals surface area contributed by atoms with Gasteiger partial charge in [0, 0.05) is 5.56 Å². The van der Waals surface area contributed by atoms with Crippen LogP contribution < -0.4 is 10.4 Å². The van der Waals surface area contributed by atoms with Crippen LogP contribution in [0.25, 0.3) is 33.4 Å².